The van der Waals surface area contributed by atoms with Gasteiger partial charge in [-0.3, -0.25) is 0 Å². The highest BCUT2D eigenvalue weighted by molar-refractivity contribution is 5.80. The molecule has 8 heteroatoms. The van der Waals surface area contributed by atoms with Crippen molar-refractivity contribution in [2.45, 2.75) is 25.7 Å². The minimum absolute atomic E-state index is 0.563. The molecule has 0 aliphatic carbocycles. The number of fused-ring (bicyclic) bond motifs is 1. The highest BCUT2D eigenvalue weighted by Gasteiger charge is 2.12. The molecule has 1 saturated heterocycles. The van der Waals surface area contributed by atoms with Crippen LogP contribution in [-0.2, 0) is 6.42 Å². The summed E-state index contributed by atoms with van der Waals surface area (Å²) < 4.78 is 1.84. The number of hydrogen-bond donors (Lipinski definition) is 1. The minimum Gasteiger partial charge on any atom is -0.303 e. The Kier molecular flexibility index (Phi) is 5.56. The highest BCUT2D eigenvalue weighted by Crippen LogP contribution is 2.28. The Morgan fingerprint density at radius 3 is 2.53 bits per heavy atom. The van der Waals surface area contributed by atoms with Gasteiger partial charge in [-0.15, -0.1) is 10.2 Å². The number of nitrogens with zero attached hydrogens (tertiary/aromatic N) is 7. The van der Waals surface area contributed by atoms with Crippen molar-refractivity contribution in [3.8, 4) is 33.6 Å². The second-order valence-corrected chi connectivity index (χ2v) is 8.83. The fraction of sp³-hybridized carbons (Fsp3) is 0.269. The molecule has 170 valence electrons. The van der Waals surface area contributed by atoms with Crippen molar-refractivity contribution in [3.05, 3.63) is 72.7 Å². The Balaban J connectivity index is 1.21. The quantitative estimate of drug-likeness (QED) is 0.416. The fourth-order valence-electron chi connectivity index (χ4n) is 4.67. The Morgan fingerprint density at radius 2 is 1.71 bits per heavy atom. The molecule has 8 nitrogen and oxygen atoms in total. The van der Waals surface area contributed by atoms with Crippen LogP contribution in [0, 0.1) is 0 Å². The average Bonchev–Trinajstić information content (AvgIpc) is 3.59. The van der Waals surface area contributed by atoms with Crippen molar-refractivity contribution in [2.75, 3.05) is 19.6 Å². The maximum absolute atomic E-state index is 4.75. The van der Waals surface area contributed by atoms with Gasteiger partial charge in [0.2, 0.25) is 5.82 Å². The number of likely N-dealkylation sites (tertiary alicyclic amines) is 1. The number of hydrogen-bond acceptors (Lipinski definition) is 6. The summed E-state index contributed by atoms with van der Waals surface area (Å²) in [6.45, 7) is 3.64. The molecule has 0 radical (unpaired) electrons. The Morgan fingerprint density at radius 1 is 0.853 bits per heavy atom. The number of H-pyrrole nitrogens is 1. The summed E-state index contributed by atoms with van der Waals surface area (Å²) in [5, 5.41) is 18.9. The van der Waals surface area contributed by atoms with Crippen LogP contribution < -0.4 is 0 Å². The molecule has 1 aliphatic heterocycles. The molecule has 5 aromatic rings. The van der Waals surface area contributed by atoms with Gasteiger partial charge >= 0.3 is 0 Å². The topological polar surface area (TPSA) is 87.9 Å². The van der Waals surface area contributed by atoms with E-state index in [4.69, 9.17) is 4.98 Å². The van der Waals surface area contributed by atoms with Crippen LogP contribution in [0.15, 0.2) is 67.1 Å². The summed E-state index contributed by atoms with van der Waals surface area (Å²) in [6.07, 6.45) is 11.0. The molecule has 0 atom stereocenters. The lowest BCUT2D eigenvalue weighted by Gasteiger charge is -2.26. The van der Waals surface area contributed by atoms with E-state index in [-0.39, 0.29) is 0 Å². The molecular weight excluding hydrogens is 424 g/mol. The van der Waals surface area contributed by atoms with Gasteiger partial charge in [0.15, 0.2) is 5.65 Å². The molecule has 0 bridgehead atoms. The number of rotatable bonds is 6. The fourth-order valence-corrected chi connectivity index (χ4v) is 4.67. The van der Waals surface area contributed by atoms with E-state index in [0.29, 0.717) is 5.82 Å². The van der Waals surface area contributed by atoms with Gasteiger partial charge < -0.3 is 4.90 Å². The zero-order chi connectivity index (χ0) is 22.7. The highest BCUT2D eigenvalue weighted by atomic mass is 15.5. The zero-order valence-electron chi connectivity index (χ0n) is 18.9. The summed E-state index contributed by atoms with van der Waals surface area (Å²) in [6, 6.07) is 16.9. The molecule has 0 spiro atoms. The zero-order valence-corrected chi connectivity index (χ0v) is 18.9. The number of aromatic nitrogens is 7. The maximum Gasteiger partial charge on any atom is 0.204 e. The second kappa shape index (κ2) is 9.15. The first-order valence-electron chi connectivity index (χ1n) is 11.8. The predicted molar refractivity (Wildman–Crippen MR) is 131 cm³/mol. The van der Waals surface area contributed by atoms with Crippen molar-refractivity contribution < 1.29 is 0 Å². The first-order chi connectivity index (χ1) is 16.8. The lowest BCUT2D eigenvalue weighted by molar-refractivity contribution is 0.231. The third kappa shape index (κ3) is 4.20. The third-order valence-corrected chi connectivity index (χ3v) is 6.59. The molecular formula is C26H26N8. The molecule has 4 heterocycles. The van der Waals surface area contributed by atoms with Crippen molar-refractivity contribution in [1.29, 1.82) is 0 Å². The van der Waals surface area contributed by atoms with Crippen LogP contribution in [0.25, 0.3) is 39.3 Å². The molecule has 0 unspecified atom stereocenters. The summed E-state index contributed by atoms with van der Waals surface area (Å²) >= 11 is 0. The molecule has 34 heavy (non-hydrogen) atoms. The summed E-state index contributed by atoms with van der Waals surface area (Å²) in [5.74, 6) is 0.563. The third-order valence-electron chi connectivity index (χ3n) is 6.59. The molecule has 1 aliphatic rings. The molecule has 2 aromatic carbocycles. The van der Waals surface area contributed by atoms with E-state index in [9.17, 15) is 0 Å². The standard InChI is InChI=1S/C26H26N8/c1-2-12-33(13-3-1)14-11-19-7-9-20(10-8-19)23-16-27-26-24(17-28-34(26)18-23)21-5-4-6-22(15-21)25-29-31-32-30-25/h4-10,15-18H,1-3,11-14H2,(H,29,30,31,32). The predicted octanol–water partition coefficient (Wildman–Crippen LogP) is 4.27. The van der Waals surface area contributed by atoms with Crippen LogP contribution in [0.1, 0.15) is 24.8 Å². The van der Waals surface area contributed by atoms with E-state index < -0.39 is 0 Å². The second-order valence-electron chi connectivity index (χ2n) is 8.83. The van der Waals surface area contributed by atoms with Gasteiger partial charge in [0.25, 0.3) is 0 Å². The van der Waals surface area contributed by atoms with E-state index in [2.05, 4.69) is 54.9 Å². The van der Waals surface area contributed by atoms with Crippen molar-refractivity contribution in [3.63, 3.8) is 0 Å². The van der Waals surface area contributed by atoms with Gasteiger partial charge in [-0.2, -0.15) is 10.3 Å². The SMILES string of the molecule is c1cc(-c2nn[nH]n2)cc(-c2cnn3cc(-c4ccc(CCN5CCCCC5)cc4)cnc23)c1. The summed E-state index contributed by atoms with van der Waals surface area (Å²) in [4.78, 5) is 7.34. The van der Waals surface area contributed by atoms with Crippen LogP contribution in [0.4, 0.5) is 0 Å². The van der Waals surface area contributed by atoms with Crippen molar-refractivity contribution >= 4 is 5.65 Å². The first kappa shape index (κ1) is 20.7. The average molecular weight is 451 g/mol. The first-order valence-corrected chi connectivity index (χ1v) is 11.8. The number of piperidine rings is 1. The van der Waals surface area contributed by atoms with Crippen LogP contribution >= 0.6 is 0 Å². The lowest BCUT2D eigenvalue weighted by Crippen LogP contribution is -2.31. The van der Waals surface area contributed by atoms with Crippen LogP contribution in [0.2, 0.25) is 0 Å². The molecule has 0 saturated carbocycles. The van der Waals surface area contributed by atoms with E-state index in [0.717, 1.165) is 46.4 Å². The van der Waals surface area contributed by atoms with Gasteiger partial charge in [-0.05, 0) is 60.3 Å². The smallest absolute Gasteiger partial charge is 0.204 e. The van der Waals surface area contributed by atoms with Gasteiger partial charge in [-0.25, -0.2) is 9.50 Å². The molecule has 1 fully saturated rings. The van der Waals surface area contributed by atoms with Gasteiger partial charge in [-0.1, -0.05) is 48.9 Å². The minimum atomic E-state index is 0.563. The molecule has 1 N–H and O–H groups in total. The number of aromatic amines is 1. The van der Waals surface area contributed by atoms with E-state index in [1.807, 2.05) is 47.4 Å². The van der Waals surface area contributed by atoms with Gasteiger partial charge in [0.1, 0.15) is 0 Å². The Labute approximate surface area is 197 Å². The Bertz CT molecular complexity index is 1380. The van der Waals surface area contributed by atoms with E-state index in [1.54, 1.807) is 0 Å². The number of benzene rings is 2. The van der Waals surface area contributed by atoms with Crippen LogP contribution in [0.5, 0.6) is 0 Å². The van der Waals surface area contributed by atoms with E-state index >= 15 is 0 Å². The summed E-state index contributed by atoms with van der Waals surface area (Å²) in [7, 11) is 0. The van der Waals surface area contributed by atoms with Crippen LogP contribution in [-0.4, -0.2) is 59.8 Å². The Hall–Kier alpha value is -3.91. The number of nitrogens with one attached hydrogen (secondary N) is 1. The largest absolute Gasteiger partial charge is 0.303 e. The maximum atomic E-state index is 4.75. The monoisotopic (exact) mass is 450 g/mol. The van der Waals surface area contributed by atoms with E-state index in [1.165, 1.54) is 37.9 Å². The molecule has 6 rings (SSSR count). The molecule has 3 aromatic heterocycles. The van der Waals surface area contributed by atoms with Gasteiger partial charge in [0.05, 0.1) is 6.20 Å². The van der Waals surface area contributed by atoms with Crippen molar-refractivity contribution in [2.24, 2.45) is 0 Å². The molecule has 0 amide bonds. The van der Waals surface area contributed by atoms with Crippen molar-refractivity contribution in [1.82, 2.24) is 40.1 Å². The summed E-state index contributed by atoms with van der Waals surface area (Å²) in [5.41, 5.74) is 7.25. The normalized spacial score (nSPS) is 14.6. The number of tetrazole rings is 1. The lowest BCUT2D eigenvalue weighted by atomic mass is 10.0. The van der Waals surface area contributed by atoms with Crippen LogP contribution in [0.3, 0.4) is 0 Å². The van der Waals surface area contributed by atoms with Gasteiger partial charge in [0, 0.05) is 35.6 Å².